The van der Waals surface area contributed by atoms with E-state index in [2.05, 4.69) is 10.3 Å². The molecule has 1 aromatic carbocycles. The molecule has 0 bridgehead atoms. The van der Waals surface area contributed by atoms with Crippen molar-refractivity contribution in [2.24, 2.45) is 0 Å². The average Bonchev–Trinajstić information content (AvgIpc) is 2.95. The van der Waals surface area contributed by atoms with Gasteiger partial charge in [0.05, 0.1) is 16.5 Å². The Morgan fingerprint density at radius 2 is 1.96 bits per heavy atom. The van der Waals surface area contributed by atoms with Crippen molar-refractivity contribution in [2.45, 2.75) is 6.42 Å². The van der Waals surface area contributed by atoms with Crippen LogP contribution in [0.25, 0.3) is 6.08 Å². The molecule has 1 aromatic heterocycles. The number of anilines is 2. The molecule has 0 saturated carbocycles. The van der Waals surface area contributed by atoms with Gasteiger partial charge >= 0.3 is 0 Å². The Kier molecular flexibility index (Phi) is 5.06. The predicted molar refractivity (Wildman–Crippen MR) is 99.1 cm³/mol. The van der Waals surface area contributed by atoms with Gasteiger partial charge in [0.15, 0.2) is 0 Å². The maximum Gasteiger partial charge on any atom is 0.249 e. The first-order valence-corrected chi connectivity index (χ1v) is 9.64. The second-order valence-electron chi connectivity index (χ2n) is 5.52. The summed E-state index contributed by atoms with van der Waals surface area (Å²) in [5, 5.41) is 3.12. The molecule has 1 saturated heterocycles. The number of sulfonamides is 1. The fourth-order valence-corrected chi connectivity index (χ4v) is 4.15. The number of nitrogens with zero attached hydrogens (tertiary/aromatic N) is 2. The molecular formula is C17H16ClN3O3S. The Bertz CT molecular complexity index is 894. The van der Waals surface area contributed by atoms with Crippen LogP contribution in [-0.4, -0.2) is 31.6 Å². The van der Waals surface area contributed by atoms with E-state index in [-0.39, 0.29) is 11.7 Å². The Hall–Kier alpha value is -2.38. The van der Waals surface area contributed by atoms with E-state index in [0.717, 1.165) is 5.56 Å². The van der Waals surface area contributed by atoms with E-state index in [4.69, 9.17) is 11.6 Å². The molecule has 3 rings (SSSR count). The standard InChI is InChI=1S/C17H16ClN3O3S/c18-14-5-8-16(19-12-14)20-17(22)9-4-13-2-6-15(7-3-13)21-10-1-11-25(21,23)24/h2-9,12H,1,10-11H2,(H,19,20,22)/b9-4+. The van der Waals surface area contributed by atoms with Crippen LogP contribution in [0, 0.1) is 0 Å². The summed E-state index contributed by atoms with van der Waals surface area (Å²) < 4.78 is 25.2. The quantitative estimate of drug-likeness (QED) is 0.831. The number of carbonyl (C=O) groups is 1. The van der Waals surface area contributed by atoms with Crippen LogP contribution in [0.1, 0.15) is 12.0 Å². The van der Waals surface area contributed by atoms with Crippen LogP contribution in [0.15, 0.2) is 48.7 Å². The maximum absolute atomic E-state index is 11.9. The highest BCUT2D eigenvalue weighted by Crippen LogP contribution is 2.24. The monoisotopic (exact) mass is 377 g/mol. The lowest BCUT2D eigenvalue weighted by molar-refractivity contribution is -0.111. The Morgan fingerprint density at radius 1 is 1.20 bits per heavy atom. The zero-order chi connectivity index (χ0) is 17.9. The summed E-state index contributed by atoms with van der Waals surface area (Å²) in [5.41, 5.74) is 1.43. The molecule has 1 fully saturated rings. The highest BCUT2D eigenvalue weighted by molar-refractivity contribution is 7.93. The van der Waals surface area contributed by atoms with Crippen LogP contribution in [0.3, 0.4) is 0 Å². The second kappa shape index (κ2) is 7.25. The van der Waals surface area contributed by atoms with Gasteiger partial charge in [-0.05, 0) is 42.3 Å². The van der Waals surface area contributed by atoms with E-state index in [9.17, 15) is 13.2 Å². The number of halogens is 1. The zero-order valence-corrected chi connectivity index (χ0v) is 14.8. The van der Waals surface area contributed by atoms with Crippen LogP contribution >= 0.6 is 11.6 Å². The fourth-order valence-electron chi connectivity index (χ4n) is 2.47. The summed E-state index contributed by atoms with van der Waals surface area (Å²) in [5.74, 6) is 0.280. The number of nitrogens with one attached hydrogen (secondary N) is 1. The molecule has 8 heteroatoms. The topological polar surface area (TPSA) is 79.4 Å². The zero-order valence-electron chi connectivity index (χ0n) is 13.2. The molecule has 6 nitrogen and oxygen atoms in total. The van der Waals surface area contributed by atoms with Gasteiger partial charge < -0.3 is 5.32 Å². The molecule has 130 valence electrons. The highest BCUT2D eigenvalue weighted by atomic mass is 35.5. The Morgan fingerprint density at radius 3 is 2.56 bits per heavy atom. The number of aromatic nitrogens is 1. The summed E-state index contributed by atoms with van der Waals surface area (Å²) in [7, 11) is -3.18. The molecule has 2 heterocycles. The van der Waals surface area contributed by atoms with Crippen molar-refractivity contribution >= 4 is 45.1 Å². The smallest absolute Gasteiger partial charge is 0.249 e. The van der Waals surface area contributed by atoms with Crippen LogP contribution in [-0.2, 0) is 14.8 Å². The van der Waals surface area contributed by atoms with Gasteiger partial charge in [0.2, 0.25) is 15.9 Å². The van der Waals surface area contributed by atoms with E-state index in [0.29, 0.717) is 29.5 Å². The molecule has 0 unspecified atom stereocenters. The summed E-state index contributed by atoms with van der Waals surface area (Å²) in [6, 6.07) is 10.3. The molecule has 25 heavy (non-hydrogen) atoms. The average molecular weight is 378 g/mol. The third-order valence-corrected chi connectivity index (χ3v) is 5.78. The highest BCUT2D eigenvalue weighted by Gasteiger charge is 2.28. The Labute approximate surface area is 151 Å². The predicted octanol–water partition coefficient (Wildman–Crippen LogP) is 2.93. The van der Waals surface area contributed by atoms with Crippen LogP contribution in [0.4, 0.5) is 11.5 Å². The van der Waals surface area contributed by atoms with Gasteiger partial charge in [0.25, 0.3) is 0 Å². The van der Waals surface area contributed by atoms with E-state index in [1.165, 1.54) is 16.6 Å². The van der Waals surface area contributed by atoms with Crippen molar-refractivity contribution in [1.29, 1.82) is 0 Å². The van der Waals surface area contributed by atoms with Crippen LogP contribution < -0.4 is 9.62 Å². The fraction of sp³-hybridized carbons (Fsp3) is 0.176. The van der Waals surface area contributed by atoms with Gasteiger partial charge in [-0.3, -0.25) is 9.10 Å². The molecule has 0 aliphatic carbocycles. The molecule has 0 atom stereocenters. The van der Waals surface area contributed by atoms with Crippen molar-refractivity contribution in [3.8, 4) is 0 Å². The van der Waals surface area contributed by atoms with Crippen molar-refractivity contribution < 1.29 is 13.2 Å². The largest absolute Gasteiger partial charge is 0.307 e. The molecule has 1 amide bonds. The first-order valence-electron chi connectivity index (χ1n) is 7.65. The maximum atomic E-state index is 11.9. The van der Waals surface area contributed by atoms with E-state index in [1.54, 1.807) is 42.5 Å². The summed E-state index contributed by atoms with van der Waals surface area (Å²) >= 11 is 5.74. The number of amides is 1. The molecule has 2 aromatic rings. The van der Waals surface area contributed by atoms with Crippen molar-refractivity contribution in [3.63, 3.8) is 0 Å². The number of pyridine rings is 1. The van der Waals surface area contributed by atoms with Gasteiger partial charge in [-0.15, -0.1) is 0 Å². The van der Waals surface area contributed by atoms with Gasteiger partial charge in [0.1, 0.15) is 5.82 Å². The van der Waals surface area contributed by atoms with Gasteiger partial charge in [0, 0.05) is 18.8 Å². The number of rotatable bonds is 4. The molecule has 1 N–H and O–H groups in total. The van der Waals surface area contributed by atoms with Crippen LogP contribution in [0.2, 0.25) is 5.02 Å². The molecule has 0 radical (unpaired) electrons. The minimum Gasteiger partial charge on any atom is -0.307 e. The lowest BCUT2D eigenvalue weighted by atomic mass is 10.2. The molecular weight excluding hydrogens is 362 g/mol. The van der Waals surface area contributed by atoms with Crippen molar-refractivity contribution in [2.75, 3.05) is 21.9 Å². The molecule has 1 aliphatic heterocycles. The summed E-state index contributed by atoms with van der Waals surface area (Å²) in [4.78, 5) is 15.9. The first-order chi connectivity index (χ1) is 11.9. The SMILES string of the molecule is O=C(/C=C/c1ccc(N2CCCS2(=O)=O)cc1)Nc1ccc(Cl)cn1. The summed E-state index contributed by atoms with van der Waals surface area (Å²) in [6.45, 7) is 0.508. The third kappa shape index (κ3) is 4.37. The van der Waals surface area contributed by atoms with Crippen LogP contribution in [0.5, 0.6) is 0 Å². The molecule has 1 aliphatic rings. The second-order valence-corrected chi connectivity index (χ2v) is 7.97. The van der Waals surface area contributed by atoms with Gasteiger partial charge in [-0.25, -0.2) is 13.4 Å². The van der Waals surface area contributed by atoms with Crippen molar-refractivity contribution in [3.05, 3.63) is 59.3 Å². The first kappa shape index (κ1) is 17.4. The van der Waals surface area contributed by atoms with Crippen molar-refractivity contribution in [1.82, 2.24) is 4.98 Å². The number of hydrogen-bond acceptors (Lipinski definition) is 4. The minimum absolute atomic E-state index is 0.188. The van der Waals surface area contributed by atoms with Gasteiger partial charge in [-0.1, -0.05) is 23.7 Å². The molecule has 0 spiro atoms. The third-order valence-electron chi connectivity index (χ3n) is 3.69. The Balaban J connectivity index is 1.63. The summed E-state index contributed by atoms with van der Waals surface area (Å²) in [6.07, 6.45) is 5.13. The number of benzene rings is 1. The van der Waals surface area contributed by atoms with E-state index < -0.39 is 10.0 Å². The number of hydrogen-bond donors (Lipinski definition) is 1. The normalized spacial score (nSPS) is 16.3. The van der Waals surface area contributed by atoms with Gasteiger partial charge in [-0.2, -0.15) is 0 Å². The number of carbonyl (C=O) groups excluding carboxylic acids is 1. The minimum atomic E-state index is -3.18. The van der Waals surface area contributed by atoms with E-state index >= 15 is 0 Å². The lowest BCUT2D eigenvalue weighted by Crippen LogP contribution is -2.24. The van der Waals surface area contributed by atoms with E-state index in [1.807, 2.05) is 0 Å². The lowest BCUT2D eigenvalue weighted by Gasteiger charge is -2.16.